The zero-order valence-electron chi connectivity index (χ0n) is 18.6. The molecular formula is C23H26BrN3O5S. The lowest BCUT2D eigenvalue weighted by Crippen LogP contribution is -2.49. The first-order valence-electron chi connectivity index (χ1n) is 10.5. The number of carbonyl (C=O) groups is 3. The van der Waals surface area contributed by atoms with Crippen LogP contribution in [0.5, 0.6) is 0 Å². The van der Waals surface area contributed by atoms with Crippen molar-refractivity contribution in [3.05, 3.63) is 64.1 Å². The van der Waals surface area contributed by atoms with E-state index in [1.165, 1.54) is 17.0 Å². The number of hydrogen-bond donors (Lipinski definition) is 1. The zero-order chi connectivity index (χ0) is 24.3. The molecule has 2 aromatic carbocycles. The Labute approximate surface area is 202 Å². The van der Waals surface area contributed by atoms with Crippen LogP contribution in [-0.4, -0.2) is 54.0 Å². The molecule has 2 aromatic rings. The third-order valence-electron chi connectivity index (χ3n) is 5.28. The molecule has 1 aliphatic rings. The average molecular weight is 536 g/mol. The standard InChI is InChI=1S/C23H26BrN3O5S/c1-15(2)25-22(29)16(3)26(14-17-7-6-8-18(24)13-17)21(28)11-12-27-23(30)19-9-4-5-10-20(19)33(27,31)32/h4-10,13,15-16H,11-12,14H2,1-3H3,(H,25,29). The van der Waals surface area contributed by atoms with E-state index < -0.39 is 27.9 Å². The van der Waals surface area contributed by atoms with Crippen molar-refractivity contribution in [3.63, 3.8) is 0 Å². The van der Waals surface area contributed by atoms with Gasteiger partial charge in [-0.3, -0.25) is 14.4 Å². The normalized spacial score (nSPS) is 15.3. The van der Waals surface area contributed by atoms with Crippen molar-refractivity contribution in [1.29, 1.82) is 0 Å². The Morgan fingerprint density at radius 1 is 1.09 bits per heavy atom. The van der Waals surface area contributed by atoms with Crippen LogP contribution in [0.1, 0.15) is 43.1 Å². The summed E-state index contributed by atoms with van der Waals surface area (Å²) in [6.45, 7) is 5.13. The number of nitrogens with zero attached hydrogens (tertiary/aromatic N) is 2. The van der Waals surface area contributed by atoms with Crippen molar-refractivity contribution in [3.8, 4) is 0 Å². The SMILES string of the molecule is CC(C)NC(=O)C(C)N(Cc1cccc(Br)c1)C(=O)CCN1C(=O)c2ccccc2S1(=O)=O. The number of amides is 3. The van der Waals surface area contributed by atoms with Gasteiger partial charge in [0.05, 0.1) is 5.56 Å². The number of sulfonamides is 1. The molecule has 8 nitrogen and oxygen atoms in total. The second-order valence-electron chi connectivity index (χ2n) is 8.12. The summed E-state index contributed by atoms with van der Waals surface area (Å²) in [4.78, 5) is 39.8. The van der Waals surface area contributed by atoms with Crippen LogP contribution in [0.3, 0.4) is 0 Å². The van der Waals surface area contributed by atoms with Gasteiger partial charge in [0.2, 0.25) is 11.8 Å². The predicted octanol–water partition coefficient (Wildman–Crippen LogP) is 2.93. The molecule has 1 aliphatic heterocycles. The number of fused-ring (bicyclic) bond motifs is 1. The number of rotatable bonds is 8. The van der Waals surface area contributed by atoms with Gasteiger partial charge >= 0.3 is 0 Å². The predicted molar refractivity (Wildman–Crippen MR) is 127 cm³/mol. The van der Waals surface area contributed by atoms with Crippen LogP contribution in [0.4, 0.5) is 0 Å². The Hall–Kier alpha value is -2.72. The van der Waals surface area contributed by atoms with E-state index in [0.717, 1.165) is 14.3 Å². The molecule has 0 saturated heterocycles. The van der Waals surface area contributed by atoms with E-state index in [1.807, 2.05) is 38.1 Å². The van der Waals surface area contributed by atoms with E-state index in [9.17, 15) is 22.8 Å². The van der Waals surface area contributed by atoms with Gasteiger partial charge in [0, 0.05) is 30.0 Å². The fourth-order valence-corrected chi connectivity index (χ4v) is 5.63. The Morgan fingerprint density at radius 3 is 2.42 bits per heavy atom. The summed E-state index contributed by atoms with van der Waals surface area (Å²) in [7, 11) is -4.01. The average Bonchev–Trinajstić information content (AvgIpc) is 2.95. The van der Waals surface area contributed by atoms with Crippen LogP contribution >= 0.6 is 15.9 Å². The first-order chi connectivity index (χ1) is 15.5. The maximum Gasteiger partial charge on any atom is 0.269 e. The van der Waals surface area contributed by atoms with Crippen molar-refractivity contribution < 1.29 is 22.8 Å². The highest BCUT2D eigenvalue weighted by atomic mass is 79.9. The first kappa shape index (κ1) is 24.9. The lowest BCUT2D eigenvalue weighted by atomic mass is 10.1. The van der Waals surface area contributed by atoms with Gasteiger partial charge in [-0.15, -0.1) is 0 Å². The molecule has 0 bridgehead atoms. The fourth-order valence-electron chi connectivity index (χ4n) is 3.61. The van der Waals surface area contributed by atoms with Crippen molar-refractivity contribution in [2.45, 2.75) is 50.7 Å². The van der Waals surface area contributed by atoms with Gasteiger partial charge in [0.1, 0.15) is 10.9 Å². The molecule has 176 valence electrons. The summed E-state index contributed by atoms with van der Waals surface area (Å²) in [6.07, 6.45) is -0.244. The molecule has 3 amide bonds. The minimum atomic E-state index is -4.01. The lowest BCUT2D eigenvalue weighted by molar-refractivity contribution is -0.140. The Balaban J connectivity index is 1.80. The fraction of sp³-hybridized carbons (Fsp3) is 0.348. The summed E-state index contributed by atoms with van der Waals surface area (Å²) in [5, 5.41) is 2.80. The van der Waals surface area contributed by atoms with Crippen LogP contribution < -0.4 is 5.32 Å². The quantitative estimate of drug-likeness (QED) is 0.559. The molecule has 1 atom stereocenters. The number of halogens is 1. The molecule has 0 fully saturated rings. The van der Waals surface area contributed by atoms with Gasteiger partial charge in [-0.2, -0.15) is 0 Å². The monoisotopic (exact) mass is 535 g/mol. The summed E-state index contributed by atoms with van der Waals surface area (Å²) >= 11 is 3.40. The second kappa shape index (κ2) is 10.0. The topological polar surface area (TPSA) is 104 Å². The van der Waals surface area contributed by atoms with E-state index in [1.54, 1.807) is 19.1 Å². The molecule has 1 heterocycles. The number of benzene rings is 2. The van der Waals surface area contributed by atoms with Crippen LogP contribution in [-0.2, 0) is 26.2 Å². The molecule has 0 aliphatic carbocycles. The van der Waals surface area contributed by atoms with Crippen LogP contribution in [0, 0.1) is 0 Å². The van der Waals surface area contributed by atoms with Crippen molar-refractivity contribution >= 4 is 43.7 Å². The summed E-state index contributed by atoms with van der Waals surface area (Å²) in [5.41, 5.74) is 0.903. The molecule has 1 unspecified atom stereocenters. The molecule has 0 spiro atoms. The van der Waals surface area contributed by atoms with Crippen molar-refractivity contribution in [2.24, 2.45) is 0 Å². The molecule has 10 heteroatoms. The minimum Gasteiger partial charge on any atom is -0.352 e. The molecular weight excluding hydrogens is 510 g/mol. The maximum atomic E-state index is 13.2. The van der Waals surface area contributed by atoms with Crippen molar-refractivity contribution in [1.82, 2.24) is 14.5 Å². The Kier molecular flexibility index (Phi) is 7.58. The van der Waals surface area contributed by atoms with Crippen LogP contribution in [0.15, 0.2) is 57.9 Å². The van der Waals surface area contributed by atoms with E-state index in [-0.39, 0.29) is 41.9 Å². The van der Waals surface area contributed by atoms with E-state index in [4.69, 9.17) is 0 Å². The van der Waals surface area contributed by atoms with Gasteiger partial charge in [-0.05, 0) is 50.6 Å². The van der Waals surface area contributed by atoms with Gasteiger partial charge in [-0.25, -0.2) is 12.7 Å². The second-order valence-corrected chi connectivity index (χ2v) is 10.9. The van der Waals surface area contributed by atoms with Crippen LogP contribution in [0.25, 0.3) is 0 Å². The van der Waals surface area contributed by atoms with E-state index in [0.29, 0.717) is 0 Å². The number of nitrogens with one attached hydrogen (secondary N) is 1. The van der Waals surface area contributed by atoms with Gasteiger partial charge < -0.3 is 10.2 Å². The maximum absolute atomic E-state index is 13.2. The highest BCUT2D eigenvalue weighted by molar-refractivity contribution is 9.10. The van der Waals surface area contributed by atoms with Crippen LogP contribution in [0.2, 0.25) is 0 Å². The van der Waals surface area contributed by atoms with Gasteiger partial charge in [0.25, 0.3) is 15.9 Å². The molecule has 0 aromatic heterocycles. The largest absolute Gasteiger partial charge is 0.352 e. The summed E-state index contributed by atoms with van der Waals surface area (Å²) in [5.74, 6) is -1.39. The first-order valence-corrected chi connectivity index (χ1v) is 12.8. The molecule has 0 radical (unpaired) electrons. The molecule has 33 heavy (non-hydrogen) atoms. The summed E-state index contributed by atoms with van der Waals surface area (Å²) < 4.78 is 27.1. The third kappa shape index (κ3) is 5.44. The van der Waals surface area contributed by atoms with Gasteiger partial charge in [-0.1, -0.05) is 40.2 Å². The highest BCUT2D eigenvalue weighted by Gasteiger charge is 2.41. The number of hydrogen-bond acceptors (Lipinski definition) is 5. The Morgan fingerprint density at radius 2 is 1.79 bits per heavy atom. The highest BCUT2D eigenvalue weighted by Crippen LogP contribution is 2.30. The smallest absolute Gasteiger partial charge is 0.269 e. The minimum absolute atomic E-state index is 0.0573. The summed E-state index contributed by atoms with van der Waals surface area (Å²) in [6, 6.07) is 12.4. The third-order valence-corrected chi connectivity index (χ3v) is 7.61. The zero-order valence-corrected chi connectivity index (χ0v) is 21.0. The van der Waals surface area contributed by atoms with E-state index in [2.05, 4.69) is 21.2 Å². The van der Waals surface area contributed by atoms with Gasteiger partial charge in [0.15, 0.2) is 0 Å². The molecule has 3 rings (SSSR count). The Bertz CT molecular complexity index is 1180. The van der Waals surface area contributed by atoms with E-state index >= 15 is 0 Å². The van der Waals surface area contributed by atoms with Crippen molar-refractivity contribution in [2.75, 3.05) is 6.54 Å². The molecule has 0 saturated carbocycles. The number of carbonyl (C=O) groups excluding carboxylic acids is 3. The molecule has 1 N–H and O–H groups in total. The lowest BCUT2D eigenvalue weighted by Gasteiger charge is -2.30.